The Morgan fingerprint density at radius 1 is 0.860 bits per heavy atom. The second-order valence-corrected chi connectivity index (χ2v) is 14.0. The number of carbonyl (C=O) groups is 1. The molecular weight excluding hydrogens is 666 g/mol. The lowest BCUT2D eigenvalue weighted by Gasteiger charge is -2.26. The Bertz CT molecular complexity index is 2370. The molecule has 2 aromatic carbocycles. The predicted octanol–water partition coefficient (Wildman–Crippen LogP) is 7.54. The zero-order chi connectivity index (χ0) is 34.1. The van der Waals surface area contributed by atoms with Crippen molar-refractivity contribution in [2.75, 3.05) is 18.0 Å². The van der Waals surface area contributed by atoms with Crippen LogP contribution in [0.25, 0.3) is 31.9 Å². The molecule has 2 fully saturated rings. The molecule has 6 aromatic rings. The highest BCUT2D eigenvalue weighted by Crippen LogP contribution is 2.51. The van der Waals surface area contributed by atoms with Crippen LogP contribution in [-0.2, 0) is 12.8 Å². The molecule has 3 aliphatic rings. The number of amides is 1. The highest BCUT2D eigenvalue weighted by molar-refractivity contribution is 7.23. The van der Waals surface area contributed by atoms with Crippen LogP contribution in [0.5, 0.6) is 0 Å². The molecular formula is C37H29F3N6O3S. The van der Waals surface area contributed by atoms with Crippen molar-refractivity contribution in [3.05, 3.63) is 117 Å². The molecule has 0 unspecified atom stereocenters. The number of hydrogen-bond donors (Lipinski definition) is 1. The van der Waals surface area contributed by atoms with Gasteiger partial charge in [0.25, 0.3) is 5.91 Å². The molecule has 50 heavy (non-hydrogen) atoms. The zero-order valence-corrected chi connectivity index (χ0v) is 27.4. The van der Waals surface area contributed by atoms with Crippen LogP contribution >= 0.6 is 11.3 Å². The van der Waals surface area contributed by atoms with Crippen LogP contribution in [0.15, 0.2) is 70.1 Å². The smallest absolute Gasteiger partial charge is 0.348 e. The molecule has 0 spiro atoms. The van der Waals surface area contributed by atoms with E-state index >= 15 is 0 Å². The van der Waals surface area contributed by atoms with Crippen molar-refractivity contribution in [3.8, 4) is 21.8 Å². The molecule has 4 aromatic heterocycles. The Labute approximate surface area is 287 Å². The Hall–Kier alpha value is -5.30. The normalized spacial score (nSPS) is 18.4. The summed E-state index contributed by atoms with van der Waals surface area (Å²) in [5, 5.41) is 4.98. The van der Waals surface area contributed by atoms with Crippen molar-refractivity contribution in [3.63, 3.8) is 0 Å². The van der Waals surface area contributed by atoms with Crippen LogP contribution in [0.3, 0.4) is 0 Å². The van der Waals surface area contributed by atoms with Gasteiger partial charge in [-0.1, -0.05) is 23.4 Å². The number of pyridine rings is 2. The van der Waals surface area contributed by atoms with Gasteiger partial charge in [0.2, 0.25) is 0 Å². The molecule has 0 bridgehead atoms. The lowest BCUT2D eigenvalue weighted by molar-refractivity contribution is 0.0776. The molecule has 1 amide bonds. The van der Waals surface area contributed by atoms with Gasteiger partial charge >= 0.3 is 5.76 Å². The predicted molar refractivity (Wildman–Crippen MR) is 181 cm³/mol. The fourth-order valence-electron chi connectivity index (χ4n) is 7.85. The minimum atomic E-state index is -0.886. The summed E-state index contributed by atoms with van der Waals surface area (Å²) in [5.74, 6) is -2.05. The van der Waals surface area contributed by atoms with Gasteiger partial charge in [-0.2, -0.15) is 0 Å². The first-order valence-corrected chi connectivity index (χ1v) is 17.4. The van der Waals surface area contributed by atoms with Crippen molar-refractivity contribution in [1.29, 1.82) is 0 Å². The maximum Gasteiger partial charge on any atom is 0.439 e. The van der Waals surface area contributed by atoms with Gasteiger partial charge in [-0.3, -0.25) is 19.3 Å². The Morgan fingerprint density at radius 3 is 2.44 bits per heavy atom. The average Bonchev–Trinajstić information content (AvgIpc) is 3.96. The summed E-state index contributed by atoms with van der Waals surface area (Å²) in [5.41, 5.74) is 4.56. The van der Waals surface area contributed by atoms with Gasteiger partial charge < -0.3 is 9.80 Å². The molecule has 9 rings (SSSR count). The summed E-state index contributed by atoms with van der Waals surface area (Å²) >= 11 is 1.47. The van der Waals surface area contributed by atoms with Gasteiger partial charge in [-0.15, -0.1) is 11.3 Å². The molecule has 7 heterocycles. The first-order valence-electron chi connectivity index (χ1n) is 16.6. The number of aromatic amines is 1. The third-order valence-electron chi connectivity index (χ3n) is 10.1. The van der Waals surface area contributed by atoms with Crippen molar-refractivity contribution in [1.82, 2.24) is 25.0 Å². The van der Waals surface area contributed by atoms with Crippen molar-refractivity contribution >= 4 is 33.1 Å². The number of nitrogens with zero attached hydrogens (tertiary/aromatic N) is 5. The second-order valence-electron chi connectivity index (χ2n) is 13.0. The van der Waals surface area contributed by atoms with Gasteiger partial charge in [-0.05, 0) is 91.4 Å². The minimum Gasteiger partial charge on any atom is -0.348 e. The maximum absolute atomic E-state index is 14.3. The van der Waals surface area contributed by atoms with Crippen LogP contribution in [0.4, 0.5) is 19.0 Å². The first kappa shape index (κ1) is 30.7. The molecule has 0 saturated carbocycles. The molecule has 0 radical (unpaired) electrons. The van der Waals surface area contributed by atoms with Gasteiger partial charge in [-0.25, -0.2) is 22.9 Å². The number of halogens is 3. The van der Waals surface area contributed by atoms with E-state index in [2.05, 4.69) is 15.0 Å². The number of aromatic nitrogens is 4. The standard InChI is InChI=1S/C37H29F3N6O3S/c38-22-9-5-19(6-10-22)7-12-25-29(34-43-37(48)49-44-34)30(31-32(42-25)27-4-2-16-46(27)36(31)47)28-18-21-13-14-41-35(33(21)50-28)45-15-1-3-26(45)20-8-11-23(39)24(40)17-20/h5-6,8-11,13-14,17-18,26-27H,1-4,7,12,15-16H2,(H,43,44,48)/t26-,27+/m1/s1. The quantitative estimate of drug-likeness (QED) is 0.184. The number of nitrogens with one attached hydrogen (secondary N) is 1. The summed E-state index contributed by atoms with van der Waals surface area (Å²) in [6, 6.07) is 13.9. The van der Waals surface area contributed by atoms with E-state index in [-0.39, 0.29) is 29.6 Å². The minimum absolute atomic E-state index is 0.115. The van der Waals surface area contributed by atoms with E-state index in [1.807, 2.05) is 17.0 Å². The molecule has 3 aliphatic heterocycles. The van der Waals surface area contributed by atoms with Crippen LogP contribution in [-0.4, -0.2) is 44.0 Å². The second kappa shape index (κ2) is 11.9. The molecule has 0 aliphatic carbocycles. The number of benzene rings is 2. The number of H-pyrrole nitrogens is 1. The van der Waals surface area contributed by atoms with Crippen LogP contribution < -0.4 is 10.7 Å². The van der Waals surface area contributed by atoms with Gasteiger partial charge in [0.15, 0.2) is 17.5 Å². The van der Waals surface area contributed by atoms with Crippen molar-refractivity contribution < 1.29 is 22.5 Å². The Morgan fingerprint density at radius 2 is 1.66 bits per heavy atom. The van der Waals surface area contributed by atoms with E-state index in [1.165, 1.54) is 29.5 Å². The van der Waals surface area contributed by atoms with E-state index in [4.69, 9.17) is 14.5 Å². The van der Waals surface area contributed by atoms with Crippen LogP contribution in [0.1, 0.15) is 70.6 Å². The highest BCUT2D eigenvalue weighted by atomic mass is 32.1. The van der Waals surface area contributed by atoms with Crippen molar-refractivity contribution in [2.45, 2.75) is 50.6 Å². The van der Waals surface area contributed by atoms with E-state index < -0.39 is 17.4 Å². The summed E-state index contributed by atoms with van der Waals surface area (Å²) in [6.45, 7) is 1.31. The molecule has 252 valence electrons. The van der Waals surface area contributed by atoms with Gasteiger partial charge in [0, 0.05) is 29.7 Å². The highest BCUT2D eigenvalue weighted by Gasteiger charge is 2.45. The largest absolute Gasteiger partial charge is 0.439 e. The summed E-state index contributed by atoms with van der Waals surface area (Å²) in [6.07, 6.45) is 5.97. The topological polar surface area (TPSA) is 108 Å². The number of thiophene rings is 1. The van der Waals surface area contributed by atoms with Gasteiger partial charge in [0.1, 0.15) is 11.6 Å². The monoisotopic (exact) mass is 694 g/mol. The molecule has 2 saturated heterocycles. The number of hydrogen-bond acceptors (Lipinski definition) is 8. The number of aryl methyl sites for hydroxylation is 2. The fourth-order valence-corrected chi connectivity index (χ4v) is 9.07. The third-order valence-corrected chi connectivity index (χ3v) is 11.3. The van der Waals surface area contributed by atoms with Crippen LogP contribution in [0, 0.1) is 17.5 Å². The fraction of sp³-hybridized carbons (Fsp3) is 0.270. The Balaban J connectivity index is 1.23. The SMILES string of the molecule is O=C1c2c(nc(CCc3ccc(F)cc3)c(-c3noc(=O)[nH]3)c2-c2cc3ccnc(N4CCC[C@@H]4c4ccc(F)c(F)c4)c3s2)[C@@H]2CCCN12. The van der Waals surface area contributed by atoms with E-state index in [0.29, 0.717) is 59.6 Å². The lowest BCUT2D eigenvalue weighted by atomic mass is 9.92. The third kappa shape index (κ3) is 5.01. The van der Waals surface area contributed by atoms with E-state index in [9.17, 15) is 22.8 Å². The molecule has 13 heteroatoms. The van der Waals surface area contributed by atoms with Gasteiger partial charge in [0.05, 0.1) is 39.3 Å². The maximum atomic E-state index is 14.3. The zero-order valence-electron chi connectivity index (χ0n) is 26.6. The number of carbonyl (C=O) groups excluding carboxylic acids is 1. The van der Waals surface area contributed by atoms with Crippen molar-refractivity contribution in [2.24, 2.45) is 0 Å². The Kier molecular flexibility index (Phi) is 7.34. The summed E-state index contributed by atoms with van der Waals surface area (Å²) in [7, 11) is 0. The number of anilines is 1. The van der Waals surface area contributed by atoms with E-state index in [0.717, 1.165) is 58.1 Å². The summed E-state index contributed by atoms with van der Waals surface area (Å²) in [4.78, 5) is 43.9. The van der Waals surface area contributed by atoms with Crippen LogP contribution in [0.2, 0.25) is 0 Å². The lowest BCUT2D eigenvalue weighted by Crippen LogP contribution is -2.23. The number of rotatable bonds is 7. The van der Waals surface area contributed by atoms with E-state index in [1.54, 1.807) is 24.4 Å². The average molecular weight is 695 g/mol. The molecule has 1 N–H and O–H groups in total. The molecule has 2 atom stereocenters. The summed E-state index contributed by atoms with van der Waals surface area (Å²) < 4.78 is 47.7. The number of fused-ring (bicyclic) bond motifs is 4. The first-order chi connectivity index (χ1) is 24.3. The molecule has 9 nitrogen and oxygen atoms in total.